The van der Waals surface area contributed by atoms with E-state index < -0.39 is 0 Å². The van der Waals surface area contributed by atoms with Crippen LogP contribution in [0.1, 0.15) is 32.6 Å². The highest BCUT2D eigenvalue weighted by Crippen LogP contribution is 1.95. The van der Waals surface area contributed by atoms with E-state index in [9.17, 15) is 0 Å². The molecule has 0 fully saturated rings. The van der Waals surface area contributed by atoms with Gasteiger partial charge in [0.05, 0.1) is 0 Å². The molecule has 0 rings (SSSR count). The van der Waals surface area contributed by atoms with Crippen LogP contribution in [0.2, 0.25) is 0 Å². The molecule has 0 unspecified atom stereocenters. The normalized spacial score (nSPS) is 11.8. The summed E-state index contributed by atoms with van der Waals surface area (Å²) in [5.41, 5.74) is 0. The standard InChI is InChI=1S/C10H17I/c1-2-3-4-5-6-7-8-9-10-11/h4-5,7-8H,2-3,6,9-10H2,1H3/b5-4+,8-7+. The van der Waals surface area contributed by atoms with E-state index in [2.05, 4.69) is 53.8 Å². The Hall–Kier alpha value is 0.210. The number of allylic oxidation sites excluding steroid dienone is 4. The van der Waals surface area contributed by atoms with Gasteiger partial charge in [-0.25, -0.2) is 0 Å². The molecule has 0 saturated carbocycles. The van der Waals surface area contributed by atoms with Crippen molar-refractivity contribution in [1.29, 1.82) is 0 Å². The molecule has 0 saturated heterocycles. The minimum absolute atomic E-state index is 1.11. The summed E-state index contributed by atoms with van der Waals surface area (Å²) < 4.78 is 1.23. The third-order valence-electron chi connectivity index (χ3n) is 1.34. The van der Waals surface area contributed by atoms with Crippen molar-refractivity contribution in [3.8, 4) is 0 Å². The predicted octanol–water partition coefficient (Wildman–Crippen LogP) is 4.11. The summed E-state index contributed by atoms with van der Waals surface area (Å²) in [7, 11) is 0. The van der Waals surface area contributed by atoms with Crippen LogP contribution in [0.3, 0.4) is 0 Å². The maximum absolute atomic E-state index is 2.39. The topological polar surface area (TPSA) is 0 Å². The molecule has 0 spiro atoms. The van der Waals surface area contributed by atoms with Crippen LogP contribution in [0.4, 0.5) is 0 Å². The summed E-state index contributed by atoms with van der Waals surface area (Å²) in [6.07, 6.45) is 13.8. The Bertz CT molecular complexity index is 100. The van der Waals surface area contributed by atoms with E-state index in [1.54, 1.807) is 0 Å². The lowest BCUT2D eigenvalue weighted by molar-refractivity contribution is 0.954. The first-order chi connectivity index (χ1) is 5.41. The van der Waals surface area contributed by atoms with Gasteiger partial charge in [-0.05, 0) is 19.3 Å². The molecular formula is C10H17I. The third-order valence-corrected chi connectivity index (χ3v) is 1.96. The van der Waals surface area contributed by atoms with Gasteiger partial charge < -0.3 is 0 Å². The van der Waals surface area contributed by atoms with Gasteiger partial charge in [-0.15, -0.1) is 0 Å². The van der Waals surface area contributed by atoms with Crippen LogP contribution in [0.25, 0.3) is 0 Å². The van der Waals surface area contributed by atoms with Crippen LogP contribution in [0, 0.1) is 0 Å². The lowest BCUT2D eigenvalue weighted by Gasteiger charge is -1.84. The largest absolute Gasteiger partial charge is 0.0882 e. The monoisotopic (exact) mass is 264 g/mol. The van der Waals surface area contributed by atoms with E-state index in [-0.39, 0.29) is 0 Å². The highest BCUT2D eigenvalue weighted by atomic mass is 127. The van der Waals surface area contributed by atoms with Crippen molar-refractivity contribution in [2.45, 2.75) is 32.6 Å². The van der Waals surface area contributed by atoms with Crippen molar-refractivity contribution in [3.05, 3.63) is 24.3 Å². The molecule has 0 bridgehead atoms. The van der Waals surface area contributed by atoms with Crippen molar-refractivity contribution in [2.75, 3.05) is 4.43 Å². The maximum atomic E-state index is 2.39. The third kappa shape index (κ3) is 10.2. The number of rotatable bonds is 6. The summed E-state index contributed by atoms with van der Waals surface area (Å²) in [5.74, 6) is 0. The van der Waals surface area contributed by atoms with Crippen molar-refractivity contribution >= 4 is 22.6 Å². The van der Waals surface area contributed by atoms with Crippen molar-refractivity contribution < 1.29 is 0 Å². The first kappa shape index (κ1) is 11.2. The quantitative estimate of drug-likeness (QED) is 0.384. The van der Waals surface area contributed by atoms with Gasteiger partial charge >= 0.3 is 0 Å². The summed E-state index contributed by atoms with van der Waals surface area (Å²) in [5, 5.41) is 0. The Morgan fingerprint density at radius 2 is 1.64 bits per heavy atom. The number of hydrogen-bond acceptors (Lipinski definition) is 0. The van der Waals surface area contributed by atoms with Crippen LogP contribution in [-0.2, 0) is 0 Å². The van der Waals surface area contributed by atoms with Crippen LogP contribution < -0.4 is 0 Å². The van der Waals surface area contributed by atoms with Gasteiger partial charge in [0, 0.05) is 4.43 Å². The summed E-state index contributed by atoms with van der Waals surface area (Å²) in [4.78, 5) is 0. The fraction of sp³-hybridized carbons (Fsp3) is 0.600. The zero-order chi connectivity index (χ0) is 8.36. The molecule has 0 aromatic carbocycles. The molecule has 0 N–H and O–H groups in total. The highest BCUT2D eigenvalue weighted by molar-refractivity contribution is 14.1. The molecule has 1 heteroatoms. The minimum atomic E-state index is 1.11. The van der Waals surface area contributed by atoms with Crippen LogP contribution in [0.5, 0.6) is 0 Å². The Balaban J connectivity index is 3.11. The molecule has 0 heterocycles. The molecule has 0 aliphatic carbocycles. The summed E-state index contributed by atoms with van der Waals surface area (Å²) in [6, 6.07) is 0. The Morgan fingerprint density at radius 3 is 2.18 bits per heavy atom. The predicted molar refractivity (Wildman–Crippen MR) is 61.3 cm³/mol. The van der Waals surface area contributed by atoms with Gasteiger partial charge in [0.15, 0.2) is 0 Å². The molecule has 0 aliphatic rings. The van der Waals surface area contributed by atoms with E-state index >= 15 is 0 Å². The molecule has 0 aromatic rings. The number of alkyl halides is 1. The van der Waals surface area contributed by atoms with Gasteiger partial charge in [-0.3, -0.25) is 0 Å². The number of halogens is 1. The van der Waals surface area contributed by atoms with Crippen LogP contribution >= 0.6 is 22.6 Å². The van der Waals surface area contributed by atoms with Crippen molar-refractivity contribution in [2.24, 2.45) is 0 Å². The molecule has 0 aromatic heterocycles. The maximum Gasteiger partial charge on any atom is 0.00299 e. The molecule has 11 heavy (non-hydrogen) atoms. The van der Waals surface area contributed by atoms with Gasteiger partial charge in [0.1, 0.15) is 0 Å². The lowest BCUT2D eigenvalue weighted by atomic mass is 10.2. The second-order valence-corrected chi connectivity index (χ2v) is 3.52. The fourth-order valence-corrected chi connectivity index (χ4v) is 1.10. The molecule has 0 nitrogen and oxygen atoms in total. The number of unbranched alkanes of at least 4 members (excludes halogenated alkanes) is 1. The Kier molecular flexibility index (Phi) is 10.4. The number of hydrogen-bond donors (Lipinski definition) is 0. The first-order valence-corrected chi connectivity index (χ1v) is 5.80. The van der Waals surface area contributed by atoms with Crippen molar-refractivity contribution in [1.82, 2.24) is 0 Å². The highest BCUT2D eigenvalue weighted by Gasteiger charge is 1.74. The Morgan fingerprint density at radius 1 is 1.00 bits per heavy atom. The average molecular weight is 264 g/mol. The molecule has 0 atom stereocenters. The molecule has 64 valence electrons. The summed E-state index contributed by atoms with van der Waals surface area (Å²) in [6.45, 7) is 2.20. The van der Waals surface area contributed by atoms with Crippen LogP contribution in [0.15, 0.2) is 24.3 Å². The second kappa shape index (κ2) is 10.2. The van der Waals surface area contributed by atoms with Crippen molar-refractivity contribution in [3.63, 3.8) is 0 Å². The fourth-order valence-electron chi connectivity index (χ4n) is 0.736. The van der Waals surface area contributed by atoms with E-state index in [1.165, 1.54) is 23.7 Å². The molecular weight excluding hydrogens is 247 g/mol. The molecule has 0 radical (unpaired) electrons. The SMILES string of the molecule is CCC/C=C/C/C=C/CCI. The van der Waals surface area contributed by atoms with E-state index in [4.69, 9.17) is 0 Å². The molecule has 0 amide bonds. The van der Waals surface area contributed by atoms with E-state index in [0.29, 0.717) is 0 Å². The minimum Gasteiger partial charge on any atom is -0.0882 e. The zero-order valence-corrected chi connectivity index (χ0v) is 9.38. The zero-order valence-electron chi connectivity index (χ0n) is 7.22. The average Bonchev–Trinajstić information content (AvgIpc) is 2.03. The second-order valence-electron chi connectivity index (χ2n) is 2.44. The summed E-state index contributed by atoms with van der Waals surface area (Å²) >= 11 is 2.39. The Labute approximate surface area is 83.9 Å². The van der Waals surface area contributed by atoms with E-state index in [0.717, 1.165) is 6.42 Å². The van der Waals surface area contributed by atoms with Gasteiger partial charge in [-0.2, -0.15) is 0 Å². The lowest BCUT2D eigenvalue weighted by Crippen LogP contribution is -1.66. The van der Waals surface area contributed by atoms with Gasteiger partial charge in [0.2, 0.25) is 0 Å². The smallest absolute Gasteiger partial charge is 0.00299 e. The van der Waals surface area contributed by atoms with E-state index in [1.807, 2.05) is 0 Å². The first-order valence-electron chi connectivity index (χ1n) is 4.27. The molecule has 0 aliphatic heterocycles. The van der Waals surface area contributed by atoms with Crippen LogP contribution in [-0.4, -0.2) is 4.43 Å². The van der Waals surface area contributed by atoms with Gasteiger partial charge in [-0.1, -0.05) is 60.2 Å². The van der Waals surface area contributed by atoms with Gasteiger partial charge in [0.25, 0.3) is 0 Å².